The van der Waals surface area contributed by atoms with Gasteiger partial charge in [-0.1, -0.05) is 133 Å². The molecule has 0 N–H and O–H groups in total. The van der Waals surface area contributed by atoms with Crippen molar-refractivity contribution in [2.24, 2.45) is 0 Å². The van der Waals surface area contributed by atoms with Crippen LogP contribution in [0.25, 0.3) is 89.2 Å². The van der Waals surface area contributed by atoms with E-state index in [1.165, 1.54) is 33.0 Å². The first kappa shape index (κ1) is 29.8. The summed E-state index contributed by atoms with van der Waals surface area (Å²) in [4.78, 5) is 10.1. The maximum absolute atomic E-state index is 5.04. The van der Waals surface area contributed by atoms with Crippen molar-refractivity contribution in [3.8, 4) is 56.4 Å². The molecular formula is C48H32N4. The van der Waals surface area contributed by atoms with E-state index in [9.17, 15) is 0 Å². The zero-order valence-corrected chi connectivity index (χ0v) is 28.3. The highest BCUT2D eigenvalue weighted by Gasteiger charge is 2.16. The molecule has 2 heterocycles. The molecule has 0 amide bonds. The number of fused-ring (bicyclic) bond motifs is 3. The lowest BCUT2D eigenvalue weighted by Crippen LogP contribution is -1.97. The van der Waals surface area contributed by atoms with Crippen LogP contribution in [0.2, 0.25) is 0 Å². The molecule has 0 aliphatic rings. The first-order valence-electron chi connectivity index (χ1n) is 17.6. The van der Waals surface area contributed by atoms with Gasteiger partial charge in [0.25, 0.3) is 0 Å². The molecular weight excluding hydrogens is 633 g/mol. The summed E-state index contributed by atoms with van der Waals surface area (Å²) in [5, 5.41) is 2.42. The van der Waals surface area contributed by atoms with Crippen LogP contribution >= 0.6 is 0 Å². The fraction of sp³-hybridized carbons (Fsp3) is 0. The highest BCUT2D eigenvalue weighted by Crippen LogP contribution is 2.34. The molecule has 4 heteroatoms. The second kappa shape index (κ2) is 12.4. The van der Waals surface area contributed by atoms with E-state index in [0.717, 1.165) is 56.2 Å². The lowest BCUT2D eigenvalue weighted by atomic mass is 9.97. The van der Waals surface area contributed by atoms with E-state index in [-0.39, 0.29) is 0 Å². The maximum atomic E-state index is 5.04. The Kier molecular flexibility index (Phi) is 7.10. The number of benzene rings is 8. The molecule has 0 bridgehead atoms. The third-order valence-corrected chi connectivity index (χ3v) is 9.94. The number of hydrogen-bond acceptors (Lipinski definition) is 2. The molecule has 10 rings (SSSR count). The predicted molar refractivity (Wildman–Crippen MR) is 215 cm³/mol. The van der Waals surface area contributed by atoms with E-state index in [1.54, 1.807) is 0 Å². The van der Waals surface area contributed by atoms with Gasteiger partial charge in [0, 0.05) is 22.5 Å². The Hall–Kier alpha value is -7.04. The van der Waals surface area contributed by atoms with Gasteiger partial charge in [-0.2, -0.15) is 0 Å². The average Bonchev–Trinajstić information content (AvgIpc) is 3.81. The largest absolute Gasteiger partial charge is 0.292 e. The van der Waals surface area contributed by atoms with Crippen LogP contribution in [0.1, 0.15) is 0 Å². The number of rotatable bonds is 6. The van der Waals surface area contributed by atoms with Crippen LogP contribution in [0.3, 0.4) is 0 Å². The van der Waals surface area contributed by atoms with Crippen LogP contribution in [0.15, 0.2) is 194 Å². The molecule has 52 heavy (non-hydrogen) atoms. The van der Waals surface area contributed by atoms with Crippen LogP contribution < -0.4 is 0 Å². The van der Waals surface area contributed by atoms with Crippen molar-refractivity contribution in [2.75, 3.05) is 0 Å². The predicted octanol–water partition coefficient (Wildman–Crippen LogP) is 12.2. The monoisotopic (exact) mass is 664 g/mol. The zero-order valence-electron chi connectivity index (χ0n) is 28.3. The summed E-state index contributed by atoms with van der Waals surface area (Å²) in [6.45, 7) is 0. The lowest BCUT2D eigenvalue weighted by molar-refractivity contribution is 1.10. The molecule has 0 aliphatic heterocycles. The standard InChI is InChI=1S/C48H32N4/c1-3-11-41(12-4-1)51-45-17-9-7-15-43(45)49-47(51)35-23-19-33(20-24-35)37-27-29-40-32-38(28-30-39(40)31-37)34-21-25-36(26-22-34)48-50-44-16-8-10-18-46(44)52(48)42-13-5-2-6-14-42/h1-32H. The van der Waals surface area contributed by atoms with Gasteiger partial charge in [0.05, 0.1) is 22.1 Å². The average molecular weight is 665 g/mol. The maximum Gasteiger partial charge on any atom is 0.145 e. The summed E-state index contributed by atoms with van der Waals surface area (Å²) in [5.41, 5.74) is 13.3. The number of para-hydroxylation sites is 6. The summed E-state index contributed by atoms with van der Waals surface area (Å²) in [6, 6.07) is 68.5. The molecule has 0 saturated heterocycles. The van der Waals surface area contributed by atoms with Crippen LogP contribution in [0.4, 0.5) is 0 Å². The van der Waals surface area contributed by atoms with Gasteiger partial charge in [0.2, 0.25) is 0 Å². The van der Waals surface area contributed by atoms with Crippen molar-refractivity contribution in [3.63, 3.8) is 0 Å². The molecule has 0 fully saturated rings. The van der Waals surface area contributed by atoms with Crippen molar-refractivity contribution in [3.05, 3.63) is 194 Å². The first-order chi connectivity index (χ1) is 25.8. The number of aromatic nitrogens is 4. The minimum Gasteiger partial charge on any atom is -0.292 e. The number of nitrogens with zero attached hydrogens (tertiary/aromatic N) is 4. The minimum absolute atomic E-state index is 0.938. The molecule has 244 valence electrons. The van der Waals surface area contributed by atoms with E-state index in [2.05, 4.69) is 179 Å². The molecule has 0 saturated carbocycles. The molecule has 0 radical (unpaired) electrons. The second-order valence-corrected chi connectivity index (χ2v) is 13.1. The Morgan fingerprint density at radius 2 is 0.635 bits per heavy atom. The second-order valence-electron chi connectivity index (χ2n) is 13.1. The Morgan fingerprint density at radius 1 is 0.288 bits per heavy atom. The zero-order chi connectivity index (χ0) is 34.4. The topological polar surface area (TPSA) is 35.6 Å². The molecule has 0 spiro atoms. The summed E-state index contributed by atoms with van der Waals surface area (Å²) in [6.07, 6.45) is 0. The van der Waals surface area contributed by atoms with E-state index in [0.29, 0.717) is 0 Å². The highest BCUT2D eigenvalue weighted by molar-refractivity contribution is 5.92. The molecule has 10 aromatic rings. The third kappa shape index (κ3) is 5.17. The van der Waals surface area contributed by atoms with Gasteiger partial charge in [-0.15, -0.1) is 0 Å². The SMILES string of the molecule is c1ccc(-n2c(-c3ccc(-c4ccc5cc(-c6ccc(-c7nc8ccccc8n7-c7ccccc7)cc6)ccc5c4)cc3)nc3ccccc32)cc1. The van der Waals surface area contributed by atoms with Gasteiger partial charge in [-0.25, -0.2) is 9.97 Å². The lowest BCUT2D eigenvalue weighted by Gasteiger charge is -2.11. The van der Waals surface area contributed by atoms with Crippen molar-refractivity contribution < 1.29 is 0 Å². The molecule has 0 unspecified atom stereocenters. The molecule has 0 aliphatic carbocycles. The van der Waals surface area contributed by atoms with Gasteiger partial charge < -0.3 is 0 Å². The molecule has 0 atom stereocenters. The fourth-order valence-corrected chi connectivity index (χ4v) is 7.34. The van der Waals surface area contributed by atoms with Crippen molar-refractivity contribution in [1.82, 2.24) is 19.1 Å². The van der Waals surface area contributed by atoms with Gasteiger partial charge in [-0.05, 0) is 93.7 Å². The Labute approximate surface area is 301 Å². The Bertz CT molecular complexity index is 2670. The Morgan fingerprint density at radius 3 is 1.06 bits per heavy atom. The van der Waals surface area contributed by atoms with E-state index in [4.69, 9.17) is 9.97 Å². The highest BCUT2D eigenvalue weighted by atomic mass is 15.1. The summed E-state index contributed by atoms with van der Waals surface area (Å²) >= 11 is 0. The summed E-state index contributed by atoms with van der Waals surface area (Å²) in [5.74, 6) is 1.88. The van der Waals surface area contributed by atoms with E-state index >= 15 is 0 Å². The summed E-state index contributed by atoms with van der Waals surface area (Å²) in [7, 11) is 0. The molecule has 8 aromatic carbocycles. The van der Waals surface area contributed by atoms with Gasteiger partial charge in [0.15, 0.2) is 0 Å². The van der Waals surface area contributed by atoms with Crippen molar-refractivity contribution >= 4 is 32.8 Å². The minimum atomic E-state index is 0.938. The van der Waals surface area contributed by atoms with Crippen LogP contribution in [-0.4, -0.2) is 19.1 Å². The quantitative estimate of drug-likeness (QED) is 0.177. The van der Waals surface area contributed by atoms with Crippen LogP contribution in [0, 0.1) is 0 Å². The fourth-order valence-electron chi connectivity index (χ4n) is 7.34. The van der Waals surface area contributed by atoms with E-state index in [1.807, 2.05) is 24.3 Å². The van der Waals surface area contributed by atoms with Crippen LogP contribution in [-0.2, 0) is 0 Å². The Balaban J connectivity index is 0.940. The van der Waals surface area contributed by atoms with E-state index < -0.39 is 0 Å². The first-order valence-corrected chi connectivity index (χ1v) is 17.6. The smallest absolute Gasteiger partial charge is 0.145 e. The van der Waals surface area contributed by atoms with Gasteiger partial charge in [0.1, 0.15) is 11.6 Å². The van der Waals surface area contributed by atoms with Gasteiger partial charge >= 0.3 is 0 Å². The van der Waals surface area contributed by atoms with Crippen molar-refractivity contribution in [2.45, 2.75) is 0 Å². The third-order valence-electron chi connectivity index (χ3n) is 9.94. The van der Waals surface area contributed by atoms with Crippen molar-refractivity contribution in [1.29, 1.82) is 0 Å². The molecule has 2 aromatic heterocycles. The number of imidazole rings is 2. The molecule has 4 nitrogen and oxygen atoms in total. The normalized spacial score (nSPS) is 11.5. The van der Waals surface area contributed by atoms with Gasteiger partial charge in [-0.3, -0.25) is 9.13 Å². The van der Waals surface area contributed by atoms with Crippen LogP contribution in [0.5, 0.6) is 0 Å². The summed E-state index contributed by atoms with van der Waals surface area (Å²) < 4.78 is 4.49. The number of hydrogen-bond donors (Lipinski definition) is 0.